The van der Waals surface area contributed by atoms with Crippen LogP contribution in [0, 0.1) is 13.8 Å². The highest BCUT2D eigenvalue weighted by molar-refractivity contribution is 7.81. The highest BCUT2D eigenvalue weighted by Crippen LogP contribution is 2.23. The maximum absolute atomic E-state index is 12.5. The van der Waals surface area contributed by atoms with Crippen molar-refractivity contribution in [2.75, 3.05) is 17.2 Å². The maximum atomic E-state index is 12.5. The number of aryl methyl sites for hydroxylation is 2. The second-order valence-corrected chi connectivity index (χ2v) is 6.34. The maximum Gasteiger partial charge on any atom is 0.342 e. The lowest BCUT2D eigenvalue weighted by Gasteiger charge is -2.18. The normalized spacial score (nSPS) is 11.4. The van der Waals surface area contributed by atoms with Gasteiger partial charge < -0.3 is 15.4 Å². The van der Waals surface area contributed by atoms with Gasteiger partial charge >= 0.3 is 5.97 Å². The molecule has 2 aromatic rings. The summed E-state index contributed by atoms with van der Waals surface area (Å²) in [4.78, 5) is 12.9. The van der Waals surface area contributed by atoms with Gasteiger partial charge in [-0.3, -0.25) is 0 Å². The lowest BCUT2D eigenvalue weighted by molar-refractivity contribution is -0.137. The third-order valence-electron chi connectivity index (χ3n) is 3.91. The smallest absolute Gasteiger partial charge is 0.342 e. The van der Waals surface area contributed by atoms with Crippen molar-refractivity contribution < 1.29 is 9.53 Å². The van der Waals surface area contributed by atoms with Gasteiger partial charge in [-0.15, -0.1) is 0 Å². The molecule has 0 heterocycles. The highest BCUT2D eigenvalue weighted by Gasteiger charge is 2.20. The summed E-state index contributed by atoms with van der Waals surface area (Å²) < 4.78 is 5.22. The third kappa shape index (κ3) is 4.92. The molecule has 0 aliphatic rings. The zero-order valence-electron chi connectivity index (χ0n) is 15.6. The van der Waals surface area contributed by atoms with Gasteiger partial charge in [-0.1, -0.05) is 48.6 Å². The molecule has 0 spiro atoms. The van der Waals surface area contributed by atoms with E-state index in [1.807, 2.05) is 69.3 Å². The Morgan fingerprint density at radius 1 is 1.00 bits per heavy atom. The predicted octanol–water partition coefficient (Wildman–Crippen LogP) is 4.99. The summed E-state index contributed by atoms with van der Waals surface area (Å²) in [6.07, 6.45) is 0. The van der Waals surface area contributed by atoms with Crippen LogP contribution in [0.4, 0.5) is 11.4 Å². The van der Waals surface area contributed by atoms with Crippen LogP contribution in [-0.4, -0.2) is 17.6 Å². The Kier molecular flexibility index (Phi) is 6.92. The number of carbonyl (C=O) groups excluding carboxylic acids is 1. The van der Waals surface area contributed by atoms with E-state index in [1.54, 1.807) is 6.92 Å². The van der Waals surface area contributed by atoms with Crippen molar-refractivity contribution in [1.29, 1.82) is 0 Å². The average Bonchev–Trinajstić information content (AvgIpc) is 2.59. The highest BCUT2D eigenvalue weighted by atomic mass is 32.1. The zero-order valence-corrected chi connectivity index (χ0v) is 16.4. The summed E-state index contributed by atoms with van der Waals surface area (Å²) in [7, 11) is 0. The minimum atomic E-state index is -0.447. The quantitative estimate of drug-likeness (QED) is 0.427. The van der Waals surface area contributed by atoms with Crippen LogP contribution in [0.5, 0.6) is 0 Å². The summed E-state index contributed by atoms with van der Waals surface area (Å²) in [6, 6.07) is 15.6. The van der Waals surface area contributed by atoms with Gasteiger partial charge in [0, 0.05) is 17.1 Å². The van der Waals surface area contributed by atoms with Gasteiger partial charge in [0.15, 0.2) is 0 Å². The van der Waals surface area contributed by atoms with E-state index < -0.39 is 5.97 Å². The number of rotatable bonds is 6. The van der Waals surface area contributed by atoms with Gasteiger partial charge in [0.25, 0.3) is 0 Å². The van der Waals surface area contributed by atoms with Gasteiger partial charge in [-0.2, -0.15) is 0 Å². The lowest BCUT2D eigenvalue weighted by Crippen LogP contribution is -2.24. The number of hydrogen-bond acceptors (Lipinski definition) is 4. The monoisotopic (exact) mass is 368 g/mol. The van der Waals surface area contributed by atoms with Crippen molar-refractivity contribution in [1.82, 2.24) is 0 Å². The van der Waals surface area contributed by atoms with Gasteiger partial charge in [0.1, 0.15) is 10.6 Å². The van der Waals surface area contributed by atoms with Crippen molar-refractivity contribution in [3.63, 3.8) is 0 Å². The molecular formula is C21H24N2O2S. The second kappa shape index (κ2) is 9.15. The van der Waals surface area contributed by atoms with Crippen LogP contribution in [0.15, 0.2) is 59.8 Å². The zero-order chi connectivity index (χ0) is 19.1. The summed E-state index contributed by atoms with van der Waals surface area (Å²) in [5.74, 6) is -0.447. The molecule has 0 aliphatic carbocycles. The van der Waals surface area contributed by atoms with E-state index in [1.165, 1.54) is 0 Å². The third-order valence-corrected chi connectivity index (χ3v) is 4.21. The minimum absolute atomic E-state index is 0.285. The van der Waals surface area contributed by atoms with E-state index in [-0.39, 0.29) is 6.61 Å². The van der Waals surface area contributed by atoms with Gasteiger partial charge in [-0.25, -0.2) is 4.79 Å². The number of allylic oxidation sites excluding steroid dienone is 1. The topological polar surface area (TPSA) is 50.4 Å². The number of ether oxygens (including phenoxy) is 1. The van der Waals surface area contributed by atoms with E-state index in [0.29, 0.717) is 16.3 Å². The molecule has 2 N–H and O–H groups in total. The Hall–Kier alpha value is -2.66. The Morgan fingerprint density at radius 3 is 2.19 bits per heavy atom. The van der Waals surface area contributed by atoms with Crippen molar-refractivity contribution in [2.24, 2.45) is 0 Å². The molecule has 2 rings (SSSR count). The molecule has 2 aromatic carbocycles. The predicted molar refractivity (Wildman–Crippen MR) is 112 cm³/mol. The molecule has 0 fully saturated rings. The fourth-order valence-corrected chi connectivity index (χ4v) is 2.95. The molecule has 0 atom stereocenters. The molecule has 0 bridgehead atoms. The van der Waals surface area contributed by atoms with E-state index in [2.05, 4.69) is 10.6 Å². The first-order valence-corrected chi connectivity index (χ1v) is 8.92. The first-order chi connectivity index (χ1) is 12.4. The molecule has 0 aliphatic heterocycles. The van der Waals surface area contributed by atoms with Gasteiger partial charge in [-0.05, 0) is 51.0 Å². The fourth-order valence-electron chi connectivity index (χ4n) is 2.60. The molecule has 0 amide bonds. The van der Waals surface area contributed by atoms with E-state index in [9.17, 15) is 4.79 Å². The molecule has 0 aromatic heterocycles. The molecule has 0 unspecified atom stereocenters. The summed E-state index contributed by atoms with van der Waals surface area (Å²) >= 11 is 5.50. The Bertz CT molecular complexity index is 809. The lowest BCUT2D eigenvalue weighted by atomic mass is 10.1. The van der Waals surface area contributed by atoms with Crippen molar-refractivity contribution in [2.45, 2.75) is 27.7 Å². The minimum Gasteiger partial charge on any atom is -0.462 e. The molecule has 0 saturated heterocycles. The first-order valence-electron chi connectivity index (χ1n) is 8.51. The largest absolute Gasteiger partial charge is 0.462 e. The average molecular weight is 369 g/mol. The standard InChI is InChI=1S/C21H24N2O2S/c1-5-25-21(24)18(20(26)23-17-12-7-6-8-13-17)16(4)22-19-14(2)10-9-11-15(19)3/h6-13,22H,5H2,1-4H3,(H,23,26)/b18-16+. The fraction of sp³-hybridized carbons (Fsp3) is 0.238. The van der Waals surface area contributed by atoms with Crippen LogP contribution in [0.25, 0.3) is 0 Å². The summed E-state index contributed by atoms with van der Waals surface area (Å²) in [5, 5.41) is 6.45. The number of nitrogens with one attached hydrogen (secondary N) is 2. The molecule has 136 valence electrons. The van der Waals surface area contributed by atoms with Crippen LogP contribution < -0.4 is 10.6 Å². The number of benzene rings is 2. The van der Waals surface area contributed by atoms with Crippen LogP contribution in [-0.2, 0) is 9.53 Å². The number of carbonyl (C=O) groups is 1. The van der Waals surface area contributed by atoms with Gasteiger partial charge in [0.05, 0.1) is 6.61 Å². The van der Waals surface area contributed by atoms with Crippen LogP contribution in [0.3, 0.4) is 0 Å². The van der Waals surface area contributed by atoms with Crippen molar-refractivity contribution >= 4 is 34.6 Å². The summed E-state index contributed by atoms with van der Waals surface area (Å²) in [5.41, 5.74) is 4.94. The van der Waals surface area contributed by atoms with E-state index in [4.69, 9.17) is 17.0 Å². The summed E-state index contributed by atoms with van der Waals surface area (Å²) in [6.45, 7) is 7.93. The SMILES string of the molecule is CCOC(=O)/C(C(=S)Nc1ccccc1)=C(\C)Nc1c(C)cccc1C. The molecule has 26 heavy (non-hydrogen) atoms. The molecule has 5 heteroatoms. The Morgan fingerprint density at radius 2 is 1.62 bits per heavy atom. The van der Waals surface area contributed by atoms with E-state index in [0.717, 1.165) is 22.5 Å². The molecule has 0 saturated carbocycles. The van der Waals surface area contributed by atoms with Crippen LogP contribution >= 0.6 is 12.2 Å². The van der Waals surface area contributed by atoms with Gasteiger partial charge in [0.2, 0.25) is 0 Å². The Balaban J connectivity index is 2.37. The molecular weight excluding hydrogens is 344 g/mol. The van der Waals surface area contributed by atoms with Crippen LogP contribution in [0.1, 0.15) is 25.0 Å². The number of esters is 1. The number of para-hydroxylation sites is 2. The first kappa shape index (κ1) is 19.7. The second-order valence-electron chi connectivity index (χ2n) is 5.93. The number of anilines is 2. The molecule has 4 nitrogen and oxygen atoms in total. The molecule has 0 radical (unpaired) electrons. The van der Waals surface area contributed by atoms with Crippen LogP contribution in [0.2, 0.25) is 0 Å². The van der Waals surface area contributed by atoms with Crippen molar-refractivity contribution in [3.8, 4) is 0 Å². The van der Waals surface area contributed by atoms with E-state index >= 15 is 0 Å². The Labute approximate surface area is 160 Å². The number of thiocarbonyl (C=S) groups is 1. The van der Waals surface area contributed by atoms with Crippen molar-refractivity contribution in [3.05, 3.63) is 70.9 Å². The number of hydrogen-bond donors (Lipinski definition) is 2.